The average molecular weight is 466 g/mol. The zero-order chi connectivity index (χ0) is 23.7. The van der Waals surface area contributed by atoms with E-state index in [-0.39, 0.29) is 5.89 Å². The van der Waals surface area contributed by atoms with Gasteiger partial charge in [-0.2, -0.15) is 8.78 Å². The van der Waals surface area contributed by atoms with Crippen LogP contribution in [0.25, 0.3) is 22.7 Å². The van der Waals surface area contributed by atoms with Gasteiger partial charge in [-0.3, -0.25) is 0 Å². The summed E-state index contributed by atoms with van der Waals surface area (Å²) >= 11 is 0. The lowest BCUT2D eigenvalue weighted by atomic mass is 10.1. The minimum Gasteiger partial charge on any atom is -0.415 e. The van der Waals surface area contributed by atoms with Gasteiger partial charge in [0.2, 0.25) is 5.89 Å². The third-order valence-electron chi connectivity index (χ3n) is 6.02. The van der Waals surface area contributed by atoms with E-state index in [4.69, 9.17) is 4.42 Å². The molecule has 1 saturated heterocycles. The quantitative estimate of drug-likeness (QED) is 0.424. The molecule has 8 nitrogen and oxygen atoms in total. The standard InChI is InChI=1S/C24H25F2N7O/c1-16-13-31(2)10-11-33(16)20-5-3-4-19(12-20)21-15-32(30-27-21)14-17-6-8-18(9-7-17)23-28-29-24(34-23)22(25)26/h3-9,12,15-16,22H,10-11,13-14H2,1-2H3/t16-/m0/s1. The Morgan fingerprint density at radius 2 is 1.85 bits per heavy atom. The third-order valence-corrected chi connectivity index (χ3v) is 6.02. The molecule has 0 bridgehead atoms. The SMILES string of the molecule is C[C@H]1CN(C)CCN1c1cccc(-c2cn(Cc3ccc(-c4nnc(C(F)F)o4)cc3)nn2)c1. The molecule has 1 aliphatic heterocycles. The fourth-order valence-corrected chi connectivity index (χ4v) is 4.25. The maximum atomic E-state index is 12.7. The van der Waals surface area contributed by atoms with Crippen LogP contribution >= 0.6 is 0 Å². The summed E-state index contributed by atoms with van der Waals surface area (Å²) < 4.78 is 32.1. The van der Waals surface area contributed by atoms with Crippen LogP contribution in [0, 0.1) is 0 Å². The van der Waals surface area contributed by atoms with Crippen LogP contribution in [-0.4, -0.2) is 62.8 Å². The maximum absolute atomic E-state index is 12.7. The minimum absolute atomic E-state index is 0.0689. The lowest BCUT2D eigenvalue weighted by molar-refractivity contribution is 0.116. The first-order valence-electron chi connectivity index (χ1n) is 11.1. The Labute approximate surface area is 195 Å². The number of hydrogen-bond acceptors (Lipinski definition) is 7. The molecule has 10 heteroatoms. The molecule has 1 atom stereocenters. The highest BCUT2D eigenvalue weighted by molar-refractivity contribution is 5.65. The first-order valence-corrected chi connectivity index (χ1v) is 11.1. The summed E-state index contributed by atoms with van der Waals surface area (Å²) in [6.07, 6.45) is -0.861. The van der Waals surface area contributed by atoms with Crippen LogP contribution in [-0.2, 0) is 6.54 Å². The Bertz CT molecular complexity index is 1250. The molecular formula is C24H25F2N7O. The van der Waals surface area contributed by atoms with Gasteiger partial charge in [-0.05, 0) is 43.8 Å². The van der Waals surface area contributed by atoms with E-state index in [9.17, 15) is 8.78 Å². The molecule has 2 aromatic heterocycles. The van der Waals surface area contributed by atoms with Crippen molar-refractivity contribution < 1.29 is 13.2 Å². The van der Waals surface area contributed by atoms with Crippen molar-refractivity contribution in [1.82, 2.24) is 30.1 Å². The highest BCUT2D eigenvalue weighted by Crippen LogP contribution is 2.27. The molecule has 0 unspecified atom stereocenters. The van der Waals surface area contributed by atoms with Crippen LogP contribution < -0.4 is 4.90 Å². The van der Waals surface area contributed by atoms with Gasteiger partial charge in [0.05, 0.1) is 12.7 Å². The number of piperazine rings is 1. The van der Waals surface area contributed by atoms with Crippen LogP contribution in [0.5, 0.6) is 0 Å². The summed E-state index contributed by atoms with van der Waals surface area (Å²) in [5.41, 5.74) is 4.59. The third kappa shape index (κ3) is 4.67. The Hall–Kier alpha value is -3.66. The van der Waals surface area contributed by atoms with Crippen molar-refractivity contribution in [2.45, 2.75) is 25.9 Å². The van der Waals surface area contributed by atoms with Gasteiger partial charge < -0.3 is 14.2 Å². The van der Waals surface area contributed by atoms with Crippen molar-refractivity contribution >= 4 is 5.69 Å². The van der Waals surface area contributed by atoms with E-state index >= 15 is 0 Å². The Kier molecular flexibility index (Phi) is 6.06. The van der Waals surface area contributed by atoms with E-state index in [1.54, 1.807) is 16.8 Å². The molecule has 1 fully saturated rings. The van der Waals surface area contributed by atoms with Crippen molar-refractivity contribution in [2.24, 2.45) is 0 Å². The number of rotatable bonds is 6. The lowest BCUT2D eigenvalue weighted by Gasteiger charge is -2.40. The molecule has 4 aromatic rings. The highest BCUT2D eigenvalue weighted by atomic mass is 19.3. The number of halogens is 2. The van der Waals surface area contributed by atoms with E-state index in [0.29, 0.717) is 18.2 Å². The van der Waals surface area contributed by atoms with Gasteiger partial charge in [-0.25, -0.2) is 4.68 Å². The van der Waals surface area contributed by atoms with Gasteiger partial charge in [0.25, 0.3) is 5.89 Å². The van der Waals surface area contributed by atoms with Crippen LogP contribution in [0.2, 0.25) is 0 Å². The zero-order valence-electron chi connectivity index (χ0n) is 19.0. The molecule has 0 saturated carbocycles. The summed E-state index contributed by atoms with van der Waals surface area (Å²) in [7, 11) is 2.16. The van der Waals surface area contributed by atoms with Gasteiger partial charge in [0.15, 0.2) is 0 Å². The average Bonchev–Trinajstić information content (AvgIpc) is 3.50. The van der Waals surface area contributed by atoms with Crippen LogP contribution in [0.15, 0.2) is 59.1 Å². The zero-order valence-corrected chi connectivity index (χ0v) is 19.0. The van der Waals surface area contributed by atoms with E-state index < -0.39 is 12.3 Å². The van der Waals surface area contributed by atoms with E-state index in [1.807, 2.05) is 24.4 Å². The fourth-order valence-electron chi connectivity index (χ4n) is 4.25. The minimum atomic E-state index is -2.78. The first kappa shape index (κ1) is 22.1. The van der Waals surface area contributed by atoms with Crippen molar-refractivity contribution in [3.63, 3.8) is 0 Å². The van der Waals surface area contributed by atoms with Crippen LogP contribution in [0.1, 0.15) is 24.8 Å². The topological polar surface area (TPSA) is 76.1 Å². The predicted octanol–water partition coefficient (Wildman–Crippen LogP) is 4.12. The Morgan fingerprint density at radius 1 is 1.03 bits per heavy atom. The molecule has 2 aromatic carbocycles. The molecule has 1 aliphatic rings. The molecule has 0 spiro atoms. The Morgan fingerprint density at radius 3 is 2.59 bits per heavy atom. The molecule has 0 amide bonds. The molecule has 5 rings (SSSR count). The van der Waals surface area contributed by atoms with Crippen molar-refractivity contribution in [2.75, 3.05) is 31.6 Å². The number of anilines is 1. The number of hydrogen-bond donors (Lipinski definition) is 0. The normalized spacial score (nSPS) is 17.0. The largest absolute Gasteiger partial charge is 0.415 e. The molecule has 3 heterocycles. The summed E-state index contributed by atoms with van der Waals surface area (Å²) in [6, 6.07) is 16.1. The second kappa shape index (κ2) is 9.30. The monoisotopic (exact) mass is 465 g/mol. The summed E-state index contributed by atoms with van der Waals surface area (Å²) in [6.45, 7) is 5.86. The van der Waals surface area contributed by atoms with Crippen molar-refractivity contribution in [3.05, 3.63) is 66.2 Å². The second-order valence-corrected chi connectivity index (χ2v) is 8.60. The summed E-state index contributed by atoms with van der Waals surface area (Å²) in [4.78, 5) is 4.79. The maximum Gasteiger partial charge on any atom is 0.314 e. The highest BCUT2D eigenvalue weighted by Gasteiger charge is 2.22. The van der Waals surface area contributed by atoms with Gasteiger partial charge in [0.1, 0.15) is 5.69 Å². The molecule has 34 heavy (non-hydrogen) atoms. The lowest BCUT2D eigenvalue weighted by Crippen LogP contribution is -2.50. The summed E-state index contributed by atoms with van der Waals surface area (Å²) in [5, 5.41) is 15.7. The number of alkyl halides is 2. The van der Waals surface area contributed by atoms with Gasteiger partial charge in [0, 0.05) is 42.5 Å². The van der Waals surface area contributed by atoms with Gasteiger partial charge in [-0.1, -0.05) is 29.5 Å². The number of nitrogens with zero attached hydrogens (tertiary/aromatic N) is 7. The van der Waals surface area contributed by atoms with E-state index in [2.05, 4.69) is 62.5 Å². The first-order chi connectivity index (χ1) is 16.5. The van der Waals surface area contributed by atoms with Crippen LogP contribution in [0.4, 0.5) is 14.5 Å². The molecule has 0 radical (unpaired) electrons. The van der Waals surface area contributed by atoms with Gasteiger partial charge in [-0.15, -0.1) is 15.3 Å². The fraction of sp³-hybridized carbons (Fsp3) is 0.333. The molecule has 0 N–H and O–H groups in total. The number of benzene rings is 2. The Balaban J connectivity index is 1.28. The number of aromatic nitrogens is 5. The van der Waals surface area contributed by atoms with Crippen molar-refractivity contribution in [1.29, 1.82) is 0 Å². The second-order valence-electron chi connectivity index (χ2n) is 8.60. The molecule has 176 valence electrons. The predicted molar refractivity (Wildman–Crippen MR) is 124 cm³/mol. The van der Waals surface area contributed by atoms with Gasteiger partial charge >= 0.3 is 6.43 Å². The molecule has 0 aliphatic carbocycles. The van der Waals surface area contributed by atoms with Crippen LogP contribution in [0.3, 0.4) is 0 Å². The smallest absolute Gasteiger partial charge is 0.314 e. The number of likely N-dealkylation sites (N-methyl/N-ethyl adjacent to an activating group) is 1. The van der Waals surface area contributed by atoms with E-state index in [0.717, 1.165) is 36.5 Å². The van der Waals surface area contributed by atoms with E-state index in [1.165, 1.54) is 5.69 Å². The van der Waals surface area contributed by atoms with Crippen molar-refractivity contribution in [3.8, 4) is 22.7 Å². The summed E-state index contributed by atoms with van der Waals surface area (Å²) in [5.74, 6) is -0.611. The molecular weight excluding hydrogens is 440 g/mol.